The van der Waals surface area contributed by atoms with Gasteiger partial charge in [0.25, 0.3) is 0 Å². The van der Waals surface area contributed by atoms with Gasteiger partial charge in [-0.2, -0.15) is 0 Å². The van der Waals surface area contributed by atoms with Gasteiger partial charge in [0.15, 0.2) is 23.3 Å². The maximum Gasteiger partial charge on any atom is 0.164 e. The number of aromatic nitrogens is 8. The molecule has 5 heterocycles. The third-order valence-corrected chi connectivity index (χ3v) is 7.46. The van der Waals surface area contributed by atoms with Gasteiger partial charge >= 0.3 is 34.5 Å². The molecule has 2 N–H and O–H groups in total. The van der Waals surface area contributed by atoms with Crippen LogP contribution < -0.4 is 0 Å². The van der Waals surface area contributed by atoms with Gasteiger partial charge in [-0.1, -0.05) is 97.1 Å². The molecule has 0 aliphatic carbocycles. The summed E-state index contributed by atoms with van der Waals surface area (Å²) >= 11 is 3.62. The molecule has 0 fully saturated rings. The Bertz CT molecular complexity index is 2040. The summed E-state index contributed by atoms with van der Waals surface area (Å²) in [5.41, 5.74) is 6.45. The van der Waals surface area contributed by atoms with E-state index in [9.17, 15) is 0 Å². The van der Waals surface area contributed by atoms with Gasteiger partial charge in [0.05, 0.1) is 0 Å². The van der Waals surface area contributed by atoms with Gasteiger partial charge < -0.3 is 9.97 Å². The zero-order valence-electron chi connectivity index (χ0n) is 22.0. The van der Waals surface area contributed by atoms with Crippen LogP contribution >= 0.6 is 19.8 Å². The molecule has 195 valence electrons. The van der Waals surface area contributed by atoms with Crippen molar-refractivity contribution < 1.29 is 14.8 Å². The smallest absolute Gasteiger partial charge is 0.164 e. The van der Waals surface area contributed by atoms with E-state index in [-0.39, 0.29) is 0 Å². The molecule has 4 aromatic carbocycles. The first kappa shape index (κ1) is 25.3. The molecular formula is C32H18IN8Zn. The molecule has 0 radical (unpaired) electrons. The fourth-order valence-electron chi connectivity index (χ4n) is 5.59. The Morgan fingerprint density at radius 2 is 0.595 bits per heavy atom. The molecule has 2 aliphatic heterocycles. The number of fused-ring (bicyclic) bond motifs is 20. The van der Waals surface area contributed by atoms with Crippen LogP contribution in [0.4, 0.5) is 0 Å². The topological polar surface area (TPSA) is 109 Å². The van der Waals surface area contributed by atoms with Gasteiger partial charge in [-0.05, 0) is 0 Å². The van der Waals surface area contributed by atoms with Crippen LogP contribution in [-0.2, 0) is 14.8 Å². The first-order valence-electron chi connectivity index (χ1n) is 13.3. The number of hydrogen-bond donors (Lipinski definition) is 2. The van der Waals surface area contributed by atoms with E-state index in [0.29, 0.717) is 45.9 Å². The molecule has 0 saturated carbocycles. The van der Waals surface area contributed by atoms with E-state index in [4.69, 9.17) is 29.9 Å². The number of nitrogens with zero attached hydrogens (tertiary/aromatic N) is 6. The van der Waals surface area contributed by atoms with E-state index in [1.54, 1.807) is 0 Å². The van der Waals surface area contributed by atoms with E-state index >= 15 is 0 Å². The first-order valence-corrected chi connectivity index (χ1v) is 22.3. The Morgan fingerprint density at radius 1 is 0.357 bits per heavy atom. The van der Waals surface area contributed by atoms with Gasteiger partial charge in [0, 0.05) is 43.8 Å². The summed E-state index contributed by atoms with van der Waals surface area (Å²) in [5.74, 6) is 2.39. The van der Waals surface area contributed by atoms with Gasteiger partial charge in [0.1, 0.15) is 22.6 Å². The molecule has 3 aromatic heterocycles. The summed E-state index contributed by atoms with van der Waals surface area (Å²) in [6.07, 6.45) is 0. The Hall–Kier alpha value is -4.41. The van der Waals surface area contributed by atoms with Crippen LogP contribution in [0.5, 0.6) is 0 Å². The quantitative estimate of drug-likeness (QED) is 0.123. The number of rotatable bonds is 0. The summed E-state index contributed by atoms with van der Waals surface area (Å²) in [5, 5.41) is 3.82. The predicted molar refractivity (Wildman–Crippen MR) is 170 cm³/mol. The number of benzene rings is 4. The minimum Gasteiger partial charge on any atom is -0.324 e. The van der Waals surface area contributed by atoms with E-state index in [0.717, 1.165) is 43.8 Å². The Labute approximate surface area is 259 Å². The van der Waals surface area contributed by atoms with Crippen LogP contribution in [0, 0.1) is 0 Å². The predicted octanol–water partition coefficient (Wildman–Crippen LogP) is 7.75. The summed E-state index contributed by atoms with van der Waals surface area (Å²) in [7, 11) is 0. The van der Waals surface area contributed by atoms with Crippen LogP contribution in [-0.4, -0.2) is 39.9 Å². The fourth-order valence-corrected chi connectivity index (χ4v) is 5.59. The second kappa shape index (κ2) is 10.1. The maximum absolute atomic E-state index is 5.02. The van der Waals surface area contributed by atoms with Gasteiger partial charge in [-0.3, -0.25) is 0 Å². The second-order valence-electron chi connectivity index (χ2n) is 9.79. The summed E-state index contributed by atoms with van der Waals surface area (Å²) < 4.78 is 0. The van der Waals surface area contributed by atoms with Crippen molar-refractivity contribution in [3.8, 4) is 45.6 Å². The average Bonchev–Trinajstić information content (AvgIpc) is 3.78. The number of aromatic amines is 2. The van der Waals surface area contributed by atoms with Gasteiger partial charge in [0.2, 0.25) is 0 Å². The normalized spacial score (nSPS) is 11.6. The van der Waals surface area contributed by atoms with Crippen LogP contribution in [0.15, 0.2) is 97.1 Å². The largest absolute Gasteiger partial charge is 0.324 e. The molecule has 0 atom stereocenters. The van der Waals surface area contributed by atoms with Crippen molar-refractivity contribution in [2.45, 2.75) is 0 Å². The van der Waals surface area contributed by atoms with Crippen molar-refractivity contribution in [3.05, 3.63) is 97.1 Å². The zero-order valence-corrected chi connectivity index (χ0v) is 27.1. The number of halogens is 1. The molecule has 0 amide bonds. The molecule has 7 aromatic rings. The zero-order chi connectivity index (χ0) is 28.2. The molecule has 10 heteroatoms. The number of hydrogen-bond acceptors (Lipinski definition) is 6. The fraction of sp³-hybridized carbons (Fsp3) is 0. The van der Waals surface area contributed by atoms with Crippen LogP contribution in [0.3, 0.4) is 0 Å². The van der Waals surface area contributed by atoms with Crippen molar-refractivity contribution in [2.24, 2.45) is 0 Å². The summed E-state index contributed by atoms with van der Waals surface area (Å²) in [4.78, 5) is 36.8. The van der Waals surface area contributed by atoms with Gasteiger partial charge in [-0.15, -0.1) is 0 Å². The summed E-state index contributed by atoms with van der Waals surface area (Å²) in [6, 6.07) is 32.2. The molecule has 9 rings (SSSR count). The molecule has 0 spiro atoms. The molecule has 8 bridgehead atoms. The van der Waals surface area contributed by atoms with Crippen molar-refractivity contribution in [3.63, 3.8) is 0 Å². The Morgan fingerprint density at radius 3 is 0.857 bits per heavy atom. The minimum atomic E-state index is 0.597. The van der Waals surface area contributed by atoms with E-state index in [2.05, 4.69) is 29.7 Å². The van der Waals surface area contributed by atoms with E-state index in [1.165, 1.54) is 14.8 Å². The Kier molecular flexibility index (Phi) is 6.12. The monoisotopic (exact) mass is 705 g/mol. The maximum atomic E-state index is 5.02. The molecular weight excluding hydrogens is 689 g/mol. The minimum absolute atomic E-state index is 0.597. The Balaban J connectivity index is 0.00000131. The standard InChI is InChI=1S/C32H18N8.HI.Zn/c1-2-10-18-17(9-1)25-33-26(18)38-28-21-13-5-6-14-22(21)30(35-28)40-32-24-16-8-7-15-23(24)31(36-32)39-29-20-12-4-3-11-19(20)27(34-29)37-25;;/h1-16H,(H2,33,34,35,36,37,38,39,40);1H;/q;;+1/p-1. The molecule has 2 aliphatic rings. The third-order valence-electron chi connectivity index (χ3n) is 7.46. The third kappa shape index (κ3) is 3.97. The van der Waals surface area contributed by atoms with Crippen molar-refractivity contribution in [1.82, 2.24) is 39.9 Å². The molecule has 0 unspecified atom stereocenters. The molecule has 0 saturated heterocycles. The van der Waals surface area contributed by atoms with Crippen LogP contribution in [0.2, 0.25) is 0 Å². The van der Waals surface area contributed by atoms with Crippen molar-refractivity contribution in [1.29, 1.82) is 0 Å². The van der Waals surface area contributed by atoms with Crippen molar-refractivity contribution >= 4 is 63.9 Å². The first-order chi connectivity index (χ1) is 20.8. The summed E-state index contributed by atoms with van der Waals surface area (Å²) in [6.45, 7) is 0. The molecule has 42 heavy (non-hydrogen) atoms. The SMILES string of the molecule is [Zn][I].c1ccc2c(c1)-c1nc-2nc2[nH]c(nc3nc(nc4[nH]c(n1)c1ccccc41)-c1ccccc1-3)c1ccccc21. The second-order valence-corrected chi connectivity index (χ2v) is 9.79. The van der Waals surface area contributed by atoms with E-state index < -0.39 is 0 Å². The van der Waals surface area contributed by atoms with Crippen LogP contribution in [0.1, 0.15) is 0 Å². The van der Waals surface area contributed by atoms with Crippen LogP contribution in [0.25, 0.3) is 89.7 Å². The number of nitrogens with one attached hydrogen (secondary N) is 2. The van der Waals surface area contributed by atoms with Gasteiger partial charge in [-0.25, -0.2) is 29.9 Å². The molecule has 8 nitrogen and oxygen atoms in total. The van der Waals surface area contributed by atoms with Crippen molar-refractivity contribution in [2.75, 3.05) is 0 Å². The average molecular weight is 707 g/mol. The number of H-pyrrole nitrogens is 2. The van der Waals surface area contributed by atoms with E-state index in [1.807, 2.05) is 97.1 Å².